The topological polar surface area (TPSA) is 47.6 Å². The molecule has 2 aromatic rings. The number of carbonyl (C=O) groups is 1. The van der Waals surface area contributed by atoms with Crippen LogP contribution in [0, 0.1) is 0 Å². The average Bonchev–Trinajstić information content (AvgIpc) is 2.60. The molecular weight excluding hydrogens is 326 g/mol. The minimum atomic E-state index is 0.0238. The summed E-state index contributed by atoms with van der Waals surface area (Å²) < 4.78 is 10.5. The summed E-state index contributed by atoms with van der Waals surface area (Å²) in [7, 11) is 1.64. The number of hydrogen-bond acceptors (Lipinski definition) is 3. The van der Waals surface area contributed by atoms with Crippen LogP contribution in [0.5, 0.6) is 5.75 Å². The SMILES string of the molecule is COCCOc1cccc(CNC(=O)CCc2ccc(Cl)cc2)c1. The second kappa shape index (κ2) is 9.96. The first-order valence-corrected chi connectivity index (χ1v) is 8.27. The summed E-state index contributed by atoms with van der Waals surface area (Å²) in [6.45, 7) is 1.54. The lowest BCUT2D eigenvalue weighted by molar-refractivity contribution is -0.121. The molecule has 2 aromatic carbocycles. The standard InChI is InChI=1S/C19H22ClNO3/c1-23-11-12-24-18-4-2-3-16(13-18)14-21-19(22)10-7-15-5-8-17(20)9-6-15/h2-6,8-9,13H,7,10-12,14H2,1H3,(H,21,22). The van der Waals surface area contributed by atoms with E-state index < -0.39 is 0 Å². The van der Waals surface area contributed by atoms with Gasteiger partial charge >= 0.3 is 0 Å². The van der Waals surface area contributed by atoms with Crippen LogP contribution in [-0.4, -0.2) is 26.2 Å². The summed E-state index contributed by atoms with van der Waals surface area (Å²) in [5.41, 5.74) is 2.10. The molecule has 4 nitrogen and oxygen atoms in total. The number of amides is 1. The van der Waals surface area contributed by atoms with E-state index in [9.17, 15) is 4.79 Å². The van der Waals surface area contributed by atoms with Crippen LogP contribution in [0.3, 0.4) is 0 Å². The van der Waals surface area contributed by atoms with Crippen LogP contribution in [0.1, 0.15) is 17.5 Å². The maximum atomic E-state index is 12.0. The van der Waals surface area contributed by atoms with E-state index >= 15 is 0 Å². The van der Waals surface area contributed by atoms with Gasteiger partial charge in [-0.1, -0.05) is 35.9 Å². The van der Waals surface area contributed by atoms with Crippen LogP contribution in [0.4, 0.5) is 0 Å². The molecule has 0 aromatic heterocycles. The first-order valence-electron chi connectivity index (χ1n) is 7.89. The van der Waals surface area contributed by atoms with Crippen molar-refractivity contribution in [1.82, 2.24) is 5.32 Å². The normalized spacial score (nSPS) is 10.4. The van der Waals surface area contributed by atoms with Crippen molar-refractivity contribution in [2.75, 3.05) is 20.3 Å². The van der Waals surface area contributed by atoms with Crippen molar-refractivity contribution < 1.29 is 14.3 Å². The first kappa shape index (κ1) is 18.3. The van der Waals surface area contributed by atoms with Crippen molar-refractivity contribution in [3.8, 4) is 5.75 Å². The van der Waals surface area contributed by atoms with E-state index in [2.05, 4.69) is 5.32 Å². The Morgan fingerprint density at radius 1 is 1.08 bits per heavy atom. The van der Waals surface area contributed by atoms with Gasteiger partial charge in [0, 0.05) is 25.1 Å². The van der Waals surface area contributed by atoms with E-state index in [4.69, 9.17) is 21.1 Å². The lowest BCUT2D eigenvalue weighted by Crippen LogP contribution is -2.23. The highest BCUT2D eigenvalue weighted by atomic mass is 35.5. The van der Waals surface area contributed by atoms with Gasteiger partial charge in [-0.15, -0.1) is 0 Å². The maximum absolute atomic E-state index is 12.0. The summed E-state index contributed by atoms with van der Waals surface area (Å²) in [4.78, 5) is 12.0. The second-order valence-electron chi connectivity index (χ2n) is 5.39. The molecule has 0 fully saturated rings. The van der Waals surface area contributed by atoms with Crippen molar-refractivity contribution in [3.05, 3.63) is 64.7 Å². The molecule has 2 rings (SSSR count). The van der Waals surface area contributed by atoms with Crippen LogP contribution in [0.15, 0.2) is 48.5 Å². The Kier molecular flexibility index (Phi) is 7.59. The molecule has 1 N–H and O–H groups in total. The molecule has 5 heteroatoms. The molecule has 24 heavy (non-hydrogen) atoms. The van der Waals surface area contributed by atoms with E-state index in [0.717, 1.165) is 16.9 Å². The van der Waals surface area contributed by atoms with Gasteiger partial charge in [-0.25, -0.2) is 0 Å². The van der Waals surface area contributed by atoms with Gasteiger partial charge in [-0.3, -0.25) is 4.79 Å². The lowest BCUT2D eigenvalue weighted by atomic mass is 10.1. The smallest absolute Gasteiger partial charge is 0.220 e. The van der Waals surface area contributed by atoms with E-state index in [-0.39, 0.29) is 5.91 Å². The number of hydrogen-bond donors (Lipinski definition) is 1. The number of halogens is 1. The van der Waals surface area contributed by atoms with Gasteiger partial charge < -0.3 is 14.8 Å². The molecule has 0 atom stereocenters. The molecule has 0 heterocycles. The molecule has 128 valence electrons. The molecule has 0 radical (unpaired) electrons. The molecule has 0 aliphatic heterocycles. The number of benzene rings is 2. The van der Waals surface area contributed by atoms with E-state index in [1.54, 1.807) is 7.11 Å². The number of ether oxygens (including phenoxy) is 2. The summed E-state index contributed by atoms with van der Waals surface area (Å²) in [5, 5.41) is 3.63. The van der Waals surface area contributed by atoms with Gasteiger partial charge in [-0.2, -0.15) is 0 Å². The lowest BCUT2D eigenvalue weighted by Gasteiger charge is -2.09. The van der Waals surface area contributed by atoms with Crippen molar-refractivity contribution in [2.24, 2.45) is 0 Å². The Balaban J connectivity index is 1.74. The third-order valence-corrected chi connectivity index (χ3v) is 3.75. The second-order valence-corrected chi connectivity index (χ2v) is 5.83. The van der Waals surface area contributed by atoms with Gasteiger partial charge in [0.15, 0.2) is 0 Å². The van der Waals surface area contributed by atoms with E-state index in [1.807, 2.05) is 48.5 Å². The Bertz CT molecular complexity index is 643. The molecule has 0 aliphatic rings. The van der Waals surface area contributed by atoms with Crippen LogP contribution in [0.2, 0.25) is 5.02 Å². The van der Waals surface area contributed by atoms with E-state index in [0.29, 0.717) is 37.6 Å². The Hall–Kier alpha value is -2.04. The van der Waals surface area contributed by atoms with Crippen LogP contribution in [0.25, 0.3) is 0 Å². The first-order chi connectivity index (χ1) is 11.7. The zero-order valence-corrected chi connectivity index (χ0v) is 14.5. The largest absolute Gasteiger partial charge is 0.491 e. The van der Waals surface area contributed by atoms with Crippen LogP contribution in [-0.2, 0) is 22.5 Å². The number of aryl methyl sites for hydroxylation is 1. The van der Waals surface area contributed by atoms with Crippen molar-refractivity contribution in [3.63, 3.8) is 0 Å². The minimum Gasteiger partial charge on any atom is -0.491 e. The molecule has 0 aliphatic carbocycles. The number of methoxy groups -OCH3 is 1. The summed E-state index contributed by atoms with van der Waals surface area (Å²) in [5.74, 6) is 0.801. The summed E-state index contributed by atoms with van der Waals surface area (Å²) in [6.07, 6.45) is 1.15. The van der Waals surface area contributed by atoms with Gasteiger partial charge in [0.2, 0.25) is 5.91 Å². The Labute approximate surface area is 147 Å². The molecule has 0 bridgehead atoms. The van der Waals surface area contributed by atoms with Gasteiger partial charge in [-0.05, 0) is 41.8 Å². The monoisotopic (exact) mass is 347 g/mol. The van der Waals surface area contributed by atoms with Crippen LogP contribution < -0.4 is 10.1 Å². The van der Waals surface area contributed by atoms with Crippen molar-refractivity contribution in [2.45, 2.75) is 19.4 Å². The highest BCUT2D eigenvalue weighted by Gasteiger charge is 2.04. The Morgan fingerprint density at radius 2 is 1.88 bits per heavy atom. The van der Waals surface area contributed by atoms with Gasteiger partial charge in [0.25, 0.3) is 0 Å². The van der Waals surface area contributed by atoms with Crippen molar-refractivity contribution in [1.29, 1.82) is 0 Å². The predicted octanol–water partition coefficient (Wildman–Crippen LogP) is 3.61. The van der Waals surface area contributed by atoms with Crippen molar-refractivity contribution >= 4 is 17.5 Å². The molecule has 0 unspecified atom stereocenters. The fourth-order valence-electron chi connectivity index (χ4n) is 2.19. The molecule has 0 spiro atoms. The van der Waals surface area contributed by atoms with E-state index in [1.165, 1.54) is 0 Å². The molecule has 1 amide bonds. The quantitative estimate of drug-likeness (QED) is 0.705. The predicted molar refractivity (Wildman–Crippen MR) is 95.4 cm³/mol. The molecule has 0 saturated heterocycles. The maximum Gasteiger partial charge on any atom is 0.220 e. The fraction of sp³-hybridized carbons (Fsp3) is 0.316. The Morgan fingerprint density at radius 3 is 2.62 bits per heavy atom. The molecule has 0 saturated carbocycles. The summed E-state index contributed by atoms with van der Waals surface area (Å²) in [6, 6.07) is 15.2. The fourth-order valence-corrected chi connectivity index (χ4v) is 2.31. The molecular formula is C19H22ClNO3. The summed E-state index contributed by atoms with van der Waals surface area (Å²) >= 11 is 5.85. The number of nitrogens with one attached hydrogen (secondary N) is 1. The number of rotatable bonds is 9. The van der Waals surface area contributed by atoms with Gasteiger partial charge in [0.1, 0.15) is 12.4 Å². The zero-order chi connectivity index (χ0) is 17.2. The highest BCUT2D eigenvalue weighted by molar-refractivity contribution is 6.30. The highest BCUT2D eigenvalue weighted by Crippen LogP contribution is 2.13. The number of carbonyl (C=O) groups excluding carboxylic acids is 1. The zero-order valence-electron chi connectivity index (χ0n) is 13.8. The third kappa shape index (κ3) is 6.60. The average molecular weight is 348 g/mol. The minimum absolute atomic E-state index is 0.0238. The third-order valence-electron chi connectivity index (χ3n) is 3.50. The van der Waals surface area contributed by atoms with Crippen LogP contribution >= 0.6 is 11.6 Å². The van der Waals surface area contributed by atoms with Gasteiger partial charge in [0.05, 0.1) is 6.61 Å².